The number of pyridine rings is 1. The average molecular weight is 485 g/mol. The van der Waals surface area contributed by atoms with Crippen LogP contribution >= 0.6 is 0 Å². The first kappa shape index (κ1) is 22.3. The van der Waals surface area contributed by atoms with Gasteiger partial charge in [0.2, 0.25) is 0 Å². The van der Waals surface area contributed by atoms with Crippen LogP contribution in [0.1, 0.15) is 27.2 Å². The molecule has 0 radical (unpaired) electrons. The van der Waals surface area contributed by atoms with Crippen LogP contribution in [0.2, 0.25) is 0 Å². The lowest BCUT2D eigenvalue weighted by Crippen LogP contribution is -2.50. The van der Waals surface area contributed by atoms with Gasteiger partial charge >= 0.3 is 6.09 Å². The molecule has 0 spiro atoms. The van der Waals surface area contributed by atoms with Crippen LogP contribution in [0.15, 0.2) is 61.2 Å². The highest BCUT2D eigenvalue weighted by molar-refractivity contribution is 5.92. The van der Waals surface area contributed by atoms with Crippen molar-refractivity contribution < 1.29 is 9.53 Å². The second-order valence-electron chi connectivity index (χ2n) is 10.2. The largest absolute Gasteiger partial charge is 0.444 e. The summed E-state index contributed by atoms with van der Waals surface area (Å²) in [6.07, 6.45) is 7.46. The summed E-state index contributed by atoms with van der Waals surface area (Å²) in [5, 5.41) is 9.06. The van der Waals surface area contributed by atoms with E-state index in [4.69, 9.17) is 9.84 Å². The standard InChI is InChI=1S/C26H28N8O2/c1-26(2,3)36-25(35)33-16-18-12-19(33)15-32(18)17-8-9-29-23(13-17)34-21-7-5-4-6-20(21)24(31-34)30-22-14-27-10-11-28-22/h4-11,13-14,18-19H,12,15-16H2,1-3H3,(H,28,30,31)/t18-,19-/m0/s1. The maximum Gasteiger partial charge on any atom is 0.410 e. The number of ether oxygens (including phenoxy) is 1. The molecule has 0 saturated carbocycles. The number of para-hydroxylation sites is 1. The Labute approximate surface area is 208 Å². The molecule has 2 atom stereocenters. The Morgan fingerprint density at radius 1 is 1.06 bits per heavy atom. The van der Waals surface area contributed by atoms with Crippen LogP contribution in [-0.4, -0.2) is 66.5 Å². The van der Waals surface area contributed by atoms with Crippen molar-refractivity contribution in [2.24, 2.45) is 0 Å². The molecule has 2 aliphatic rings. The smallest absolute Gasteiger partial charge is 0.410 e. The van der Waals surface area contributed by atoms with Crippen LogP contribution in [0.25, 0.3) is 16.7 Å². The summed E-state index contributed by atoms with van der Waals surface area (Å²) in [4.78, 5) is 29.9. The minimum atomic E-state index is -0.494. The van der Waals surface area contributed by atoms with Gasteiger partial charge in [-0.05, 0) is 45.4 Å². The monoisotopic (exact) mass is 484 g/mol. The molecule has 1 aromatic carbocycles. The van der Waals surface area contributed by atoms with E-state index >= 15 is 0 Å². The highest BCUT2D eigenvalue weighted by Crippen LogP contribution is 2.36. The molecule has 2 bridgehead atoms. The molecule has 1 N–H and O–H groups in total. The minimum Gasteiger partial charge on any atom is -0.444 e. The van der Waals surface area contributed by atoms with Crippen molar-refractivity contribution in [2.75, 3.05) is 23.3 Å². The molecule has 0 unspecified atom stereocenters. The molecule has 6 rings (SSSR count). The fraction of sp³-hybridized carbons (Fsp3) is 0.346. The van der Waals surface area contributed by atoms with Crippen LogP contribution < -0.4 is 10.2 Å². The van der Waals surface area contributed by atoms with Gasteiger partial charge in [0.15, 0.2) is 11.6 Å². The normalized spacial score (nSPS) is 19.2. The van der Waals surface area contributed by atoms with E-state index in [2.05, 4.69) is 31.2 Å². The molecular formula is C26H28N8O2. The zero-order chi connectivity index (χ0) is 24.9. The van der Waals surface area contributed by atoms with Crippen molar-refractivity contribution in [3.05, 3.63) is 61.2 Å². The SMILES string of the molecule is CC(C)(C)OC(=O)N1C[C@@H]2C[C@H]1CN2c1ccnc(-n2nc(Nc3cnccn3)c3ccccc32)c1. The van der Waals surface area contributed by atoms with Crippen LogP contribution in [0.3, 0.4) is 0 Å². The van der Waals surface area contributed by atoms with E-state index in [9.17, 15) is 4.79 Å². The van der Waals surface area contributed by atoms with E-state index in [0.717, 1.165) is 35.4 Å². The van der Waals surface area contributed by atoms with Gasteiger partial charge in [-0.25, -0.2) is 19.4 Å². The quantitative estimate of drug-likeness (QED) is 0.461. The summed E-state index contributed by atoms with van der Waals surface area (Å²) in [7, 11) is 0. The molecule has 36 heavy (non-hydrogen) atoms. The molecule has 10 nitrogen and oxygen atoms in total. The van der Waals surface area contributed by atoms with Crippen LogP contribution in [0, 0.1) is 0 Å². The number of anilines is 3. The topological polar surface area (TPSA) is 101 Å². The van der Waals surface area contributed by atoms with Crippen molar-refractivity contribution in [1.29, 1.82) is 0 Å². The molecule has 5 heterocycles. The summed E-state index contributed by atoms with van der Waals surface area (Å²) in [5.41, 5.74) is 1.51. The van der Waals surface area contributed by atoms with E-state index in [1.165, 1.54) is 0 Å². The van der Waals surface area contributed by atoms with E-state index in [-0.39, 0.29) is 18.2 Å². The summed E-state index contributed by atoms with van der Waals surface area (Å²) in [6.45, 7) is 7.13. The van der Waals surface area contributed by atoms with Gasteiger partial charge in [-0.2, -0.15) is 0 Å². The minimum absolute atomic E-state index is 0.148. The number of amides is 1. The number of benzene rings is 1. The van der Waals surface area contributed by atoms with Gasteiger partial charge in [-0.3, -0.25) is 4.98 Å². The number of hydrogen-bond acceptors (Lipinski definition) is 8. The first-order valence-corrected chi connectivity index (χ1v) is 12.1. The number of carbonyl (C=O) groups is 1. The Hall–Kier alpha value is -4.21. The first-order chi connectivity index (χ1) is 17.4. The average Bonchev–Trinajstić information content (AvgIpc) is 3.57. The summed E-state index contributed by atoms with van der Waals surface area (Å²) in [6, 6.07) is 12.5. The van der Waals surface area contributed by atoms with E-state index in [1.807, 2.05) is 66.9 Å². The molecule has 1 amide bonds. The zero-order valence-corrected chi connectivity index (χ0v) is 20.5. The van der Waals surface area contributed by atoms with E-state index in [1.54, 1.807) is 18.6 Å². The third kappa shape index (κ3) is 4.08. The highest BCUT2D eigenvalue weighted by Gasteiger charge is 2.46. The molecule has 2 fully saturated rings. The fourth-order valence-corrected chi connectivity index (χ4v) is 5.05. The molecule has 10 heteroatoms. The van der Waals surface area contributed by atoms with Crippen LogP contribution in [0.4, 0.5) is 22.1 Å². The summed E-state index contributed by atoms with van der Waals surface area (Å²) >= 11 is 0. The van der Waals surface area contributed by atoms with Gasteiger partial charge in [0, 0.05) is 54.9 Å². The van der Waals surface area contributed by atoms with Crippen LogP contribution in [0.5, 0.6) is 0 Å². The van der Waals surface area contributed by atoms with E-state index in [0.29, 0.717) is 18.2 Å². The molecule has 4 aromatic rings. The number of likely N-dealkylation sites (tertiary alicyclic amines) is 1. The second kappa shape index (κ2) is 8.47. The predicted octanol–water partition coefficient (Wildman–Crippen LogP) is 4.15. The fourth-order valence-electron chi connectivity index (χ4n) is 5.05. The highest BCUT2D eigenvalue weighted by atomic mass is 16.6. The molecule has 2 saturated heterocycles. The Bertz CT molecular complexity index is 1410. The lowest BCUT2D eigenvalue weighted by Gasteiger charge is -2.36. The number of fused-ring (bicyclic) bond motifs is 3. The van der Waals surface area contributed by atoms with Gasteiger partial charge < -0.3 is 19.9 Å². The lowest BCUT2D eigenvalue weighted by molar-refractivity contribution is 0.0214. The summed E-state index contributed by atoms with van der Waals surface area (Å²) < 4.78 is 7.46. The second-order valence-corrected chi connectivity index (χ2v) is 10.2. The third-order valence-corrected chi connectivity index (χ3v) is 6.54. The van der Waals surface area contributed by atoms with Gasteiger partial charge in [0.1, 0.15) is 11.4 Å². The number of nitrogens with zero attached hydrogens (tertiary/aromatic N) is 7. The maximum atomic E-state index is 12.6. The Balaban J connectivity index is 1.26. The molecule has 2 aliphatic heterocycles. The zero-order valence-electron chi connectivity index (χ0n) is 20.5. The Morgan fingerprint density at radius 2 is 1.92 bits per heavy atom. The third-order valence-electron chi connectivity index (χ3n) is 6.54. The number of aromatic nitrogens is 5. The number of nitrogens with one attached hydrogen (secondary N) is 1. The van der Waals surface area contributed by atoms with Crippen molar-refractivity contribution in [3.63, 3.8) is 0 Å². The van der Waals surface area contributed by atoms with Gasteiger partial charge in [-0.15, -0.1) is 5.10 Å². The molecular weight excluding hydrogens is 456 g/mol. The van der Waals surface area contributed by atoms with Crippen LogP contribution in [-0.2, 0) is 4.74 Å². The van der Waals surface area contributed by atoms with Crippen molar-refractivity contribution in [1.82, 2.24) is 29.6 Å². The maximum absolute atomic E-state index is 12.6. The number of piperazine rings is 1. The van der Waals surface area contributed by atoms with E-state index < -0.39 is 5.60 Å². The van der Waals surface area contributed by atoms with Gasteiger partial charge in [-0.1, -0.05) is 12.1 Å². The summed E-state index contributed by atoms with van der Waals surface area (Å²) in [5.74, 6) is 2.03. The molecule has 0 aliphatic carbocycles. The number of hydrogen-bond donors (Lipinski definition) is 1. The van der Waals surface area contributed by atoms with Gasteiger partial charge in [0.05, 0.1) is 17.8 Å². The Morgan fingerprint density at radius 3 is 2.67 bits per heavy atom. The van der Waals surface area contributed by atoms with Crippen molar-refractivity contribution in [3.8, 4) is 5.82 Å². The molecule has 3 aromatic heterocycles. The number of rotatable bonds is 4. The predicted molar refractivity (Wildman–Crippen MR) is 137 cm³/mol. The number of carbonyl (C=O) groups excluding carboxylic acids is 1. The Kier molecular flexibility index (Phi) is 5.24. The van der Waals surface area contributed by atoms with Crippen molar-refractivity contribution >= 4 is 34.3 Å². The van der Waals surface area contributed by atoms with Crippen molar-refractivity contribution in [2.45, 2.75) is 44.9 Å². The van der Waals surface area contributed by atoms with Gasteiger partial charge in [0.25, 0.3) is 0 Å². The molecule has 184 valence electrons. The first-order valence-electron chi connectivity index (χ1n) is 12.1. The lowest BCUT2D eigenvalue weighted by atomic mass is 10.2.